The number of rotatable bonds is 0. The summed E-state index contributed by atoms with van der Waals surface area (Å²) in [6.07, 6.45) is 6.91. The zero-order chi connectivity index (χ0) is 10.7. The summed E-state index contributed by atoms with van der Waals surface area (Å²) in [6, 6.07) is 0. The highest BCUT2D eigenvalue weighted by molar-refractivity contribution is 5.30. The van der Waals surface area contributed by atoms with Crippen LogP contribution >= 0.6 is 0 Å². The van der Waals surface area contributed by atoms with Gasteiger partial charge in [0.2, 0.25) is 0 Å². The van der Waals surface area contributed by atoms with Crippen LogP contribution in [0.15, 0.2) is 11.6 Å². The summed E-state index contributed by atoms with van der Waals surface area (Å²) in [5, 5.41) is 0. The van der Waals surface area contributed by atoms with Crippen molar-refractivity contribution in [3.63, 3.8) is 0 Å². The fourth-order valence-corrected chi connectivity index (χ4v) is 3.49. The van der Waals surface area contributed by atoms with E-state index in [9.17, 15) is 0 Å². The molecule has 0 radical (unpaired) electrons. The summed E-state index contributed by atoms with van der Waals surface area (Å²) < 4.78 is 12.1. The minimum Gasteiger partial charge on any atom is -0.346 e. The Morgan fingerprint density at radius 1 is 1.13 bits per heavy atom. The van der Waals surface area contributed by atoms with Crippen LogP contribution in [0.3, 0.4) is 0 Å². The minimum absolute atomic E-state index is 0.0156. The summed E-state index contributed by atoms with van der Waals surface area (Å²) in [6.45, 7) is 7.55. The van der Waals surface area contributed by atoms with Gasteiger partial charge in [-0.05, 0) is 37.2 Å². The molecule has 2 unspecified atom stereocenters. The van der Waals surface area contributed by atoms with Gasteiger partial charge < -0.3 is 9.47 Å². The van der Waals surface area contributed by atoms with Gasteiger partial charge in [-0.15, -0.1) is 0 Å². The molecule has 3 aliphatic rings. The summed E-state index contributed by atoms with van der Waals surface area (Å²) in [5.74, 6) is -0.314. The van der Waals surface area contributed by atoms with Gasteiger partial charge in [0.25, 0.3) is 0 Å². The smallest absolute Gasteiger partial charge is 0.167 e. The number of hydrogen-bond acceptors (Lipinski definition) is 2. The molecule has 3 rings (SSSR count). The van der Waals surface area contributed by atoms with Crippen LogP contribution in [0.4, 0.5) is 0 Å². The van der Waals surface area contributed by atoms with Gasteiger partial charge in [0.05, 0.1) is 6.61 Å². The molecule has 1 spiro atoms. The second-order valence-corrected chi connectivity index (χ2v) is 6.00. The highest BCUT2D eigenvalue weighted by Gasteiger charge is 2.60. The Hall–Kier alpha value is -0.340. The highest BCUT2D eigenvalue weighted by atomic mass is 16.7. The molecular formula is C13H20O2. The van der Waals surface area contributed by atoms with Gasteiger partial charge in [0, 0.05) is 6.42 Å². The van der Waals surface area contributed by atoms with Gasteiger partial charge in [-0.3, -0.25) is 0 Å². The van der Waals surface area contributed by atoms with E-state index in [4.69, 9.17) is 9.47 Å². The average molecular weight is 208 g/mol. The van der Waals surface area contributed by atoms with Crippen LogP contribution in [0, 0.1) is 5.41 Å². The van der Waals surface area contributed by atoms with Crippen LogP contribution in [0.5, 0.6) is 0 Å². The second-order valence-electron chi connectivity index (χ2n) is 6.00. The Morgan fingerprint density at radius 2 is 1.93 bits per heavy atom. The largest absolute Gasteiger partial charge is 0.346 e. The topological polar surface area (TPSA) is 18.5 Å². The maximum absolute atomic E-state index is 6.30. The number of fused-ring (bicyclic) bond motifs is 1. The normalized spacial score (nSPS) is 47.3. The molecular weight excluding hydrogens is 188 g/mol. The first-order valence-corrected chi connectivity index (χ1v) is 6.01. The quantitative estimate of drug-likeness (QED) is 0.570. The third-order valence-corrected chi connectivity index (χ3v) is 4.63. The Bertz CT molecular complexity index is 331. The monoisotopic (exact) mass is 208 g/mol. The van der Waals surface area contributed by atoms with Crippen LogP contribution in [0.1, 0.15) is 46.5 Å². The molecule has 2 heterocycles. The van der Waals surface area contributed by atoms with Crippen molar-refractivity contribution in [2.75, 3.05) is 6.61 Å². The average Bonchev–Trinajstić information content (AvgIpc) is 2.44. The standard InChI is InChI=1S/C13H20O2/c1-11(2)6-4-5-10-9-14-12(3)7-8-13(10,11)15-12/h5H,4,6-9H2,1-3H3. The molecule has 15 heavy (non-hydrogen) atoms. The maximum Gasteiger partial charge on any atom is 0.167 e. The zero-order valence-electron chi connectivity index (χ0n) is 9.93. The predicted molar refractivity (Wildman–Crippen MR) is 58.5 cm³/mol. The molecule has 84 valence electrons. The molecule has 0 N–H and O–H groups in total. The molecule has 1 aliphatic carbocycles. The number of ether oxygens (including phenoxy) is 2. The molecule has 0 amide bonds. The first kappa shape index (κ1) is 9.86. The van der Waals surface area contributed by atoms with Crippen molar-refractivity contribution in [3.8, 4) is 0 Å². The Labute approximate surface area is 91.6 Å². The van der Waals surface area contributed by atoms with Gasteiger partial charge in [-0.2, -0.15) is 0 Å². The van der Waals surface area contributed by atoms with E-state index >= 15 is 0 Å². The molecule has 2 fully saturated rings. The lowest BCUT2D eigenvalue weighted by Gasteiger charge is -2.51. The van der Waals surface area contributed by atoms with Crippen LogP contribution in [-0.4, -0.2) is 18.0 Å². The fraction of sp³-hybridized carbons (Fsp3) is 0.846. The molecule has 0 aromatic rings. The van der Waals surface area contributed by atoms with E-state index < -0.39 is 0 Å². The van der Waals surface area contributed by atoms with Crippen molar-refractivity contribution >= 4 is 0 Å². The van der Waals surface area contributed by atoms with Crippen LogP contribution in [-0.2, 0) is 9.47 Å². The molecule has 2 saturated heterocycles. The maximum atomic E-state index is 6.30. The molecule has 2 atom stereocenters. The third-order valence-electron chi connectivity index (χ3n) is 4.63. The van der Waals surface area contributed by atoms with Crippen LogP contribution in [0.25, 0.3) is 0 Å². The zero-order valence-corrected chi connectivity index (χ0v) is 9.93. The van der Waals surface area contributed by atoms with E-state index in [0.29, 0.717) is 0 Å². The molecule has 2 bridgehead atoms. The van der Waals surface area contributed by atoms with E-state index in [0.717, 1.165) is 19.4 Å². The second kappa shape index (κ2) is 2.67. The van der Waals surface area contributed by atoms with Crippen molar-refractivity contribution < 1.29 is 9.47 Å². The predicted octanol–water partition coefficient (Wildman–Crippen LogP) is 3.03. The lowest BCUT2D eigenvalue weighted by Crippen LogP contribution is -2.54. The van der Waals surface area contributed by atoms with E-state index in [1.165, 1.54) is 18.4 Å². The molecule has 0 saturated carbocycles. The number of allylic oxidation sites excluding steroid dienone is 1. The van der Waals surface area contributed by atoms with Gasteiger partial charge in [-0.1, -0.05) is 19.9 Å². The Balaban J connectivity index is 2.09. The van der Waals surface area contributed by atoms with Crippen LogP contribution in [0.2, 0.25) is 0 Å². The van der Waals surface area contributed by atoms with Crippen molar-refractivity contribution in [1.82, 2.24) is 0 Å². The summed E-state index contributed by atoms with van der Waals surface area (Å²) in [4.78, 5) is 0. The van der Waals surface area contributed by atoms with Crippen LogP contribution < -0.4 is 0 Å². The lowest BCUT2D eigenvalue weighted by atomic mass is 9.64. The SMILES string of the molecule is CC12CCC3(O1)C(=CCCC3(C)C)CO2. The number of hydrogen-bond donors (Lipinski definition) is 0. The van der Waals surface area contributed by atoms with E-state index in [1.54, 1.807) is 0 Å². The highest BCUT2D eigenvalue weighted by Crippen LogP contribution is 2.58. The summed E-state index contributed by atoms with van der Waals surface area (Å²) in [7, 11) is 0. The van der Waals surface area contributed by atoms with Crippen molar-refractivity contribution in [3.05, 3.63) is 11.6 Å². The molecule has 2 heteroatoms. The third kappa shape index (κ3) is 1.12. The van der Waals surface area contributed by atoms with Crippen molar-refractivity contribution in [2.45, 2.75) is 57.8 Å². The first-order chi connectivity index (χ1) is 6.98. The van der Waals surface area contributed by atoms with Gasteiger partial charge in [0.1, 0.15) is 5.60 Å². The Kier molecular flexibility index (Phi) is 1.75. The van der Waals surface area contributed by atoms with Gasteiger partial charge >= 0.3 is 0 Å². The summed E-state index contributed by atoms with van der Waals surface area (Å²) >= 11 is 0. The van der Waals surface area contributed by atoms with Crippen molar-refractivity contribution in [1.29, 1.82) is 0 Å². The first-order valence-electron chi connectivity index (χ1n) is 6.01. The molecule has 2 aliphatic heterocycles. The Morgan fingerprint density at radius 3 is 2.73 bits per heavy atom. The lowest BCUT2D eigenvalue weighted by molar-refractivity contribution is -0.280. The van der Waals surface area contributed by atoms with Crippen molar-refractivity contribution in [2.24, 2.45) is 5.41 Å². The van der Waals surface area contributed by atoms with E-state index in [2.05, 4.69) is 26.8 Å². The summed E-state index contributed by atoms with van der Waals surface area (Å²) in [5.41, 5.74) is 1.64. The molecule has 0 aromatic carbocycles. The minimum atomic E-state index is -0.314. The fourth-order valence-electron chi connectivity index (χ4n) is 3.49. The van der Waals surface area contributed by atoms with Gasteiger partial charge in [-0.25, -0.2) is 0 Å². The van der Waals surface area contributed by atoms with E-state index in [1.807, 2.05) is 0 Å². The molecule has 0 aromatic heterocycles. The molecule has 2 nitrogen and oxygen atoms in total. The van der Waals surface area contributed by atoms with Gasteiger partial charge in [0.15, 0.2) is 5.79 Å². The van der Waals surface area contributed by atoms with E-state index in [-0.39, 0.29) is 16.8 Å².